The number of carbonyl (C=O) groups excluding carboxylic acids is 1. The van der Waals surface area contributed by atoms with Crippen molar-refractivity contribution in [2.24, 2.45) is 0 Å². The predicted molar refractivity (Wildman–Crippen MR) is 61.5 cm³/mol. The number of amides is 1. The Kier molecular flexibility index (Phi) is 4.31. The molecule has 0 aromatic heterocycles. The van der Waals surface area contributed by atoms with E-state index in [4.69, 9.17) is 5.11 Å². The third kappa shape index (κ3) is 4.46. The summed E-state index contributed by atoms with van der Waals surface area (Å²) in [6, 6.07) is 4.05. The van der Waals surface area contributed by atoms with Crippen LogP contribution >= 0.6 is 0 Å². The van der Waals surface area contributed by atoms with Gasteiger partial charge in [-0.3, -0.25) is 4.79 Å². The van der Waals surface area contributed by atoms with Gasteiger partial charge in [0, 0.05) is 17.3 Å². The second-order valence-corrected chi connectivity index (χ2v) is 3.70. The molecule has 19 heavy (non-hydrogen) atoms. The highest BCUT2D eigenvalue weighted by atomic mass is 19.4. The number of hydrogen-bond donors (Lipinski definition) is 2. The van der Waals surface area contributed by atoms with Gasteiger partial charge in [-0.1, -0.05) is 6.07 Å². The van der Waals surface area contributed by atoms with E-state index in [2.05, 4.69) is 5.32 Å². The highest BCUT2D eigenvalue weighted by molar-refractivity contribution is 6.04. The van der Waals surface area contributed by atoms with Gasteiger partial charge in [-0.2, -0.15) is 13.2 Å². The van der Waals surface area contributed by atoms with Crippen LogP contribution in [-0.2, 0) is 15.8 Å². The molecule has 0 aliphatic rings. The minimum absolute atomic E-state index is 0.0609. The van der Waals surface area contributed by atoms with E-state index in [-0.39, 0.29) is 11.3 Å². The fourth-order valence-electron chi connectivity index (χ4n) is 1.21. The van der Waals surface area contributed by atoms with Crippen molar-refractivity contribution in [3.05, 3.63) is 41.5 Å². The van der Waals surface area contributed by atoms with Crippen LogP contribution in [0.25, 0.3) is 0 Å². The maximum atomic E-state index is 12.4. The Hall–Kier alpha value is -2.31. The smallest absolute Gasteiger partial charge is 0.416 e. The zero-order valence-corrected chi connectivity index (χ0v) is 9.78. The number of carboxylic acids is 1. The van der Waals surface area contributed by atoms with Crippen LogP contribution in [-0.4, -0.2) is 17.0 Å². The van der Waals surface area contributed by atoms with Gasteiger partial charge in [0.1, 0.15) is 0 Å². The fourth-order valence-corrected chi connectivity index (χ4v) is 1.21. The molecule has 0 bridgehead atoms. The molecule has 0 saturated heterocycles. The Morgan fingerprint density at radius 2 is 1.95 bits per heavy atom. The van der Waals surface area contributed by atoms with Crippen LogP contribution in [0.1, 0.15) is 12.5 Å². The van der Waals surface area contributed by atoms with Crippen molar-refractivity contribution in [3.63, 3.8) is 0 Å². The molecule has 1 aromatic carbocycles. The molecule has 1 rings (SSSR count). The number of rotatable bonds is 3. The summed E-state index contributed by atoms with van der Waals surface area (Å²) in [6.07, 6.45) is -3.71. The predicted octanol–water partition coefficient (Wildman–Crippen LogP) is 2.67. The van der Waals surface area contributed by atoms with E-state index < -0.39 is 23.6 Å². The van der Waals surface area contributed by atoms with Gasteiger partial charge in [-0.25, -0.2) is 4.79 Å². The molecule has 0 atom stereocenters. The van der Waals surface area contributed by atoms with Crippen LogP contribution in [0.15, 0.2) is 35.9 Å². The zero-order valence-electron chi connectivity index (χ0n) is 9.78. The normalized spacial score (nSPS) is 12.1. The van der Waals surface area contributed by atoms with E-state index in [1.807, 2.05) is 0 Å². The summed E-state index contributed by atoms with van der Waals surface area (Å²) in [5.74, 6) is -2.08. The summed E-state index contributed by atoms with van der Waals surface area (Å²) < 4.78 is 37.3. The second-order valence-electron chi connectivity index (χ2n) is 3.70. The lowest BCUT2D eigenvalue weighted by Crippen LogP contribution is -2.12. The molecule has 7 heteroatoms. The average molecular weight is 273 g/mol. The van der Waals surface area contributed by atoms with Crippen molar-refractivity contribution >= 4 is 17.6 Å². The van der Waals surface area contributed by atoms with Gasteiger partial charge in [0.05, 0.1) is 5.56 Å². The Morgan fingerprint density at radius 3 is 2.47 bits per heavy atom. The quantitative estimate of drug-likeness (QED) is 0.832. The third-order valence-corrected chi connectivity index (χ3v) is 2.14. The first-order valence-corrected chi connectivity index (χ1v) is 5.10. The van der Waals surface area contributed by atoms with Crippen molar-refractivity contribution < 1.29 is 27.9 Å². The van der Waals surface area contributed by atoms with Crippen LogP contribution in [0.5, 0.6) is 0 Å². The van der Waals surface area contributed by atoms with E-state index in [0.29, 0.717) is 0 Å². The molecule has 0 radical (unpaired) electrons. The zero-order chi connectivity index (χ0) is 14.6. The maximum absolute atomic E-state index is 12.4. The number of halogens is 3. The van der Waals surface area contributed by atoms with Crippen LogP contribution in [0.4, 0.5) is 18.9 Å². The summed E-state index contributed by atoms with van der Waals surface area (Å²) >= 11 is 0. The minimum atomic E-state index is -4.51. The molecular weight excluding hydrogens is 263 g/mol. The lowest BCUT2D eigenvalue weighted by Gasteiger charge is -2.08. The molecule has 0 aliphatic heterocycles. The van der Waals surface area contributed by atoms with Gasteiger partial charge < -0.3 is 10.4 Å². The van der Waals surface area contributed by atoms with Gasteiger partial charge >= 0.3 is 12.1 Å². The summed E-state index contributed by atoms with van der Waals surface area (Å²) in [4.78, 5) is 21.8. The first-order chi connectivity index (χ1) is 8.70. The van der Waals surface area contributed by atoms with Crippen molar-refractivity contribution in [1.82, 2.24) is 0 Å². The molecule has 4 nitrogen and oxygen atoms in total. The van der Waals surface area contributed by atoms with Crippen LogP contribution in [0.2, 0.25) is 0 Å². The average Bonchev–Trinajstić information content (AvgIpc) is 2.27. The van der Waals surface area contributed by atoms with E-state index in [9.17, 15) is 22.8 Å². The first-order valence-electron chi connectivity index (χ1n) is 5.10. The Balaban J connectivity index is 2.87. The number of anilines is 1. The van der Waals surface area contributed by atoms with Crippen LogP contribution in [0.3, 0.4) is 0 Å². The lowest BCUT2D eigenvalue weighted by molar-refractivity contribution is -0.137. The molecule has 1 amide bonds. The minimum Gasteiger partial charge on any atom is -0.478 e. The van der Waals surface area contributed by atoms with Gasteiger partial charge in [0.25, 0.3) is 0 Å². The van der Waals surface area contributed by atoms with Crippen molar-refractivity contribution in [2.75, 3.05) is 5.32 Å². The summed E-state index contributed by atoms with van der Waals surface area (Å²) in [5.41, 5.74) is -1.18. The number of alkyl halides is 3. The number of carboxylic acid groups (broad SMARTS) is 1. The first kappa shape index (κ1) is 14.7. The van der Waals surface area contributed by atoms with Gasteiger partial charge in [0.15, 0.2) is 0 Å². The van der Waals surface area contributed by atoms with Gasteiger partial charge in [-0.15, -0.1) is 0 Å². The number of nitrogens with one attached hydrogen (secondary N) is 1. The molecular formula is C12H10F3NO3. The van der Waals surface area contributed by atoms with E-state index in [1.54, 1.807) is 0 Å². The highest BCUT2D eigenvalue weighted by Crippen LogP contribution is 2.30. The van der Waals surface area contributed by atoms with Crippen LogP contribution < -0.4 is 5.32 Å². The number of benzene rings is 1. The topological polar surface area (TPSA) is 66.4 Å². The number of hydrogen-bond acceptors (Lipinski definition) is 2. The fraction of sp³-hybridized carbons (Fsp3) is 0.167. The van der Waals surface area contributed by atoms with Crippen LogP contribution in [0, 0.1) is 0 Å². The van der Waals surface area contributed by atoms with Crippen molar-refractivity contribution in [3.8, 4) is 0 Å². The molecule has 0 aliphatic carbocycles. The Labute approximate surface area is 106 Å². The molecule has 0 spiro atoms. The lowest BCUT2D eigenvalue weighted by atomic mass is 10.2. The largest absolute Gasteiger partial charge is 0.478 e. The Morgan fingerprint density at radius 1 is 1.32 bits per heavy atom. The maximum Gasteiger partial charge on any atom is 0.416 e. The molecule has 2 N–H and O–H groups in total. The summed E-state index contributed by atoms with van der Waals surface area (Å²) in [7, 11) is 0. The molecule has 0 heterocycles. The van der Waals surface area contributed by atoms with Gasteiger partial charge in [-0.05, 0) is 25.1 Å². The van der Waals surface area contributed by atoms with Crippen molar-refractivity contribution in [1.29, 1.82) is 0 Å². The number of carbonyl (C=O) groups is 2. The highest BCUT2D eigenvalue weighted by Gasteiger charge is 2.30. The Bertz CT molecular complexity index is 535. The third-order valence-electron chi connectivity index (χ3n) is 2.14. The molecule has 0 unspecified atom stereocenters. The molecule has 0 fully saturated rings. The molecule has 102 valence electrons. The van der Waals surface area contributed by atoms with E-state index in [1.165, 1.54) is 13.0 Å². The van der Waals surface area contributed by atoms with E-state index >= 15 is 0 Å². The number of aliphatic carboxylic acids is 1. The van der Waals surface area contributed by atoms with Crippen molar-refractivity contribution in [2.45, 2.75) is 13.1 Å². The molecule has 0 saturated carbocycles. The SMILES string of the molecule is C/C(=C\C(=O)Nc1cccc(C(F)(F)F)c1)C(=O)O. The molecule has 1 aromatic rings. The summed E-state index contributed by atoms with van der Waals surface area (Å²) in [6.45, 7) is 1.20. The second kappa shape index (κ2) is 5.55. The van der Waals surface area contributed by atoms with E-state index in [0.717, 1.165) is 24.3 Å². The monoisotopic (exact) mass is 273 g/mol. The standard InChI is InChI=1S/C12H10F3NO3/c1-7(11(18)19)5-10(17)16-9-4-2-3-8(6-9)12(13,14)15/h2-6H,1H3,(H,16,17)(H,18,19)/b7-5+. The summed E-state index contributed by atoms with van der Waals surface area (Å²) in [5, 5.41) is 10.7. The van der Waals surface area contributed by atoms with Gasteiger partial charge in [0.2, 0.25) is 5.91 Å².